The molecule has 0 spiro atoms. The minimum Gasteiger partial charge on any atom is -0.384 e. The van der Waals surface area contributed by atoms with E-state index in [4.69, 9.17) is 23.2 Å². The fourth-order valence-electron chi connectivity index (χ4n) is 1.23. The molecule has 74 valence electrons. The molecular formula is C9H7Cl2NOS. The highest BCUT2D eigenvalue weighted by molar-refractivity contribution is 7.20. The van der Waals surface area contributed by atoms with Crippen molar-refractivity contribution in [1.82, 2.24) is 4.98 Å². The smallest absolute Gasteiger partial charge is 0.108 e. The highest BCUT2D eigenvalue weighted by Gasteiger charge is 2.16. The average molecular weight is 248 g/mol. The Hall–Kier alpha value is -0.480. The minimum absolute atomic E-state index is 0.531. The Morgan fingerprint density at radius 1 is 1.43 bits per heavy atom. The number of aromatic amines is 1. The van der Waals surface area contributed by atoms with Gasteiger partial charge in [0.05, 0.1) is 4.34 Å². The Kier molecular flexibility index (Phi) is 2.83. The van der Waals surface area contributed by atoms with Crippen LogP contribution in [0.1, 0.15) is 17.2 Å². The van der Waals surface area contributed by atoms with Crippen LogP contribution in [-0.2, 0) is 0 Å². The quantitative estimate of drug-likeness (QED) is 0.838. The molecule has 0 aliphatic carbocycles. The first kappa shape index (κ1) is 10.1. The number of halogens is 2. The Morgan fingerprint density at radius 2 is 2.21 bits per heavy atom. The van der Waals surface area contributed by atoms with Crippen LogP contribution in [0.2, 0.25) is 8.67 Å². The average Bonchev–Trinajstić information content (AvgIpc) is 2.73. The molecule has 0 bridgehead atoms. The summed E-state index contributed by atoms with van der Waals surface area (Å²) in [6.45, 7) is 0. The number of hydrogen-bond acceptors (Lipinski definition) is 2. The minimum atomic E-state index is -0.711. The number of H-pyrrole nitrogens is 1. The summed E-state index contributed by atoms with van der Waals surface area (Å²) in [6.07, 6.45) is 2.77. The maximum absolute atomic E-state index is 9.92. The molecule has 0 aliphatic heterocycles. The molecule has 0 aromatic carbocycles. The summed E-state index contributed by atoms with van der Waals surface area (Å²) < 4.78 is 1.11. The molecule has 0 amide bonds. The van der Waals surface area contributed by atoms with E-state index < -0.39 is 6.10 Å². The van der Waals surface area contributed by atoms with Crippen LogP contribution in [0, 0.1) is 0 Å². The van der Waals surface area contributed by atoms with Crippen molar-refractivity contribution in [3.05, 3.63) is 44.3 Å². The predicted molar refractivity (Wildman–Crippen MR) is 59.2 cm³/mol. The van der Waals surface area contributed by atoms with Crippen molar-refractivity contribution in [3.63, 3.8) is 0 Å². The Labute approximate surface area is 95.1 Å². The van der Waals surface area contributed by atoms with Crippen LogP contribution in [0.5, 0.6) is 0 Å². The van der Waals surface area contributed by atoms with E-state index in [1.54, 1.807) is 24.5 Å². The Morgan fingerprint density at radius 3 is 2.71 bits per heavy atom. The van der Waals surface area contributed by atoms with Gasteiger partial charge in [-0.1, -0.05) is 23.2 Å². The Balaban J connectivity index is 2.36. The van der Waals surface area contributed by atoms with Gasteiger partial charge in [0.25, 0.3) is 0 Å². The molecule has 0 radical (unpaired) electrons. The van der Waals surface area contributed by atoms with Gasteiger partial charge in [-0.2, -0.15) is 0 Å². The lowest BCUT2D eigenvalue weighted by Crippen LogP contribution is -1.96. The third kappa shape index (κ3) is 1.81. The molecule has 1 unspecified atom stereocenters. The number of aromatic nitrogens is 1. The first-order valence-electron chi connectivity index (χ1n) is 3.94. The number of aliphatic hydroxyl groups excluding tert-OH is 1. The van der Waals surface area contributed by atoms with Crippen molar-refractivity contribution in [2.45, 2.75) is 6.10 Å². The molecule has 14 heavy (non-hydrogen) atoms. The molecule has 0 fully saturated rings. The van der Waals surface area contributed by atoms with Crippen LogP contribution in [0.25, 0.3) is 0 Å². The topological polar surface area (TPSA) is 36.0 Å². The third-order valence-corrected chi connectivity index (χ3v) is 3.43. The number of thiophene rings is 1. The highest BCUT2D eigenvalue weighted by atomic mass is 35.5. The highest BCUT2D eigenvalue weighted by Crippen LogP contribution is 2.37. The summed E-state index contributed by atoms with van der Waals surface area (Å²) in [6, 6.07) is 3.48. The molecule has 2 rings (SSSR count). The van der Waals surface area contributed by atoms with Gasteiger partial charge in [-0.15, -0.1) is 11.3 Å². The molecule has 2 nitrogen and oxygen atoms in total. The maximum Gasteiger partial charge on any atom is 0.108 e. The zero-order valence-corrected chi connectivity index (χ0v) is 9.33. The van der Waals surface area contributed by atoms with Gasteiger partial charge in [0.15, 0.2) is 0 Å². The van der Waals surface area contributed by atoms with Crippen LogP contribution < -0.4 is 0 Å². The molecule has 2 aromatic heterocycles. The van der Waals surface area contributed by atoms with E-state index in [0.717, 1.165) is 5.56 Å². The van der Waals surface area contributed by atoms with Gasteiger partial charge in [0.2, 0.25) is 0 Å². The standard InChI is InChI=1S/C9H7Cl2NOS/c10-7-3-6(9(11)14-7)8(13)5-1-2-12-4-5/h1-4,8,12-13H. The van der Waals surface area contributed by atoms with E-state index >= 15 is 0 Å². The van der Waals surface area contributed by atoms with Crippen molar-refractivity contribution in [2.75, 3.05) is 0 Å². The molecule has 2 N–H and O–H groups in total. The fourth-order valence-corrected chi connectivity index (χ4v) is 2.75. The van der Waals surface area contributed by atoms with Crippen molar-refractivity contribution in [3.8, 4) is 0 Å². The number of nitrogens with one attached hydrogen (secondary N) is 1. The summed E-state index contributed by atoms with van der Waals surface area (Å²) in [5.74, 6) is 0. The summed E-state index contributed by atoms with van der Waals surface area (Å²) in [5.41, 5.74) is 1.43. The predicted octanol–water partition coefficient (Wildman–Crippen LogP) is 3.46. The molecular weight excluding hydrogens is 241 g/mol. The molecule has 2 aromatic rings. The van der Waals surface area contributed by atoms with Gasteiger partial charge in [-0.05, 0) is 12.1 Å². The SMILES string of the molecule is OC(c1cc[nH]c1)c1cc(Cl)sc1Cl. The van der Waals surface area contributed by atoms with Crippen LogP contribution in [0.15, 0.2) is 24.5 Å². The van der Waals surface area contributed by atoms with Gasteiger partial charge in [0.1, 0.15) is 10.4 Å². The lowest BCUT2D eigenvalue weighted by molar-refractivity contribution is 0.221. The van der Waals surface area contributed by atoms with Crippen molar-refractivity contribution in [1.29, 1.82) is 0 Å². The summed E-state index contributed by atoms with van der Waals surface area (Å²) in [5, 5.41) is 9.92. The molecule has 2 heterocycles. The van der Waals surface area contributed by atoms with E-state index in [-0.39, 0.29) is 0 Å². The van der Waals surface area contributed by atoms with Crippen molar-refractivity contribution >= 4 is 34.5 Å². The summed E-state index contributed by atoms with van der Waals surface area (Å²) in [7, 11) is 0. The second-order valence-electron chi connectivity index (χ2n) is 2.83. The van der Waals surface area contributed by atoms with Crippen molar-refractivity contribution in [2.24, 2.45) is 0 Å². The van der Waals surface area contributed by atoms with Crippen LogP contribution >= 0.6 is 34.5 Å². The summed E-state index contributed by atoms with van der Waals surface area (Å²) in [4.78, 5) is 2.87. The van der Waals surface area contributed by atoms with E-state index in [1.165, 1.54) is 11.3 Å². The first-order chi connectivity index (χ1) is 6.68. The monoisotopic (exact) mass is 247 g/mol. The van der Waals surface area contributed by atoms with E-state index in [1.807, 2.05) is 0 Å². The van der Waals surface area contributed by atoms with Crippen LogP contribution in [-0.4, -0.2) is 10.1 Å². The lowest BCUT2D eigenvalue weighted by Gasteiger charge is -2.06. The molecule has 5 heteroatoms. The number of aliphatic hydroxyl groups is 1. The fraction of sp³-hybridized carbons (Fsp3) is 0.111. The largest absolute Gasteiger partial charge is 0.384 e. The zero-order valence-electron chi connectivity index (χ0n) is 7.00. The molecule has 0 saturated carbocycles. The van der Waals surface area contributed by atoms with E-state index in [9.17, 15) is 5.11 Å². The van der Waals surface area contributed by atoms with Crippen LogP contribution in [0.4, 0.5) is 0 Å². The molecule has 0 saturated heterocycles. The first-order valence-corrected chi connectivity index (χ1v) is 5.51. The van der Waals surface area contributed by atoms with Gasteiger partial charge in [0, 0.05) is 23.5 Å². The summed E-state index contributed by atoms with van der Waals surface area (Å²) >= 11 is 13.0. The lowest BCUT2D eigenvalue weighted by atomic mass is 10.1. The van der Waals surface area contributed by atoms with Gasteiger partial charge in [-0.3, -0.25) is 0 Å². The van der Waals surface area contributed by atoms with E-state index in [2.05, 4.69) is 4.98 Å². The van der Waals surface area contributed by atoms with Gasteiger partial charge >= 0.3 is 0 Å². The second kappa shape index (κ2) is 3.95. The third-order valence-electron chi connectivity index (χ3n) is 1.92. The normalized spacial score (nSPS) is 13.1. The maximum atomic E-state index is 9.92. The Bertz CT molecular complexity index is 424. The van der Waals surface area contributed by atoms with E-state index in [0.29, 0.717) is 14.2 Å². The van der Waals surface area contributed by atoms with Crippen molar-refractivity contribution < 1.29 is 5.11 Å². The second-order valence-corrected chi connectivity index (χ2v) is 5.11. The number of rotatable bonds is 2. The zero-order chi connectivity index (χ0) is 10.1. The van der Waals surface area contributed by atoms with Crippen LogP contribution in [0.3, 0.4) is 0 Å². The number of hydrogen-bond donors (Lipinski definition) is 2. The molecule has 0 aliphatic rings. The molecule has 1 atom stereocenters. The van der Waals surface area contributed by atoms with Gasteiger partial charge < -0.3 is 10.1 Å². The van der Waals surface area contributed by atoms with Gasteiger partial charge in [-0.25, -0.2) is 0 Å².